The fraction of sp³-hybridized carbons (Fsp3) is 0.273. The number of hydrogen-bond donors (Lipinski definition) is 1. The van der Waals surface area contributed by atoms with Gasteiger partial charge in [0.1, 0.15) is 0 Å². The SMILES string of the molecule is O=C(NCCN1CCN(C(=O)c2cccc3ccccc23)CC1)c1cccs1. The number of rotatable bonds is 5. The number of piperazine rings is 1. The van der Waals surface area contributed by atoms with Crippen molar-refractivity contribution in [2.75, 3.05) is 39.3 Å². The van der Waals surface area contributed by atoms with Gasteiger partial charge in [-0.3, -0.25) is 14.5 Å². The molecule has 2 heterocycles. The molecule has 5 nitrogen and oxygen atoms in total. The predicted molar refractivity (Wildman–Crippen MR) is 113 cm³/mol. The lowest BCUT2D eigenvalue weighted by Crippen LogP contribution is -2.50. The van der Waals surface area contributed by atoms with Crippen LogP contribution >= 0.6 is 11.3 Å². The average molecular weight is 394 g/mol. The molecule has 0 atom stereocenters. The summed E-state index contributed by atoms with van der Waals surface area (Å²) in [4.78, 5) is 30.0. The van der Waals surface area contributed by atoms with Crippen LogP contribution in [-0.4, -0.2) is 60.9 Å². The van der Waals surface area contributed by atoms with E-state index in [0.29, 0.717) is 19.6 Å². The van der Waals surface area contributed by atoms with Crippen molar-refractivity contribution in [3.05, 3.63) is 70.4 Å². The molecule has 0 saturated carbocycles. The molecule has 3 aromatic rings. The largest absolute Gasteiger partial charge is 0.350 e. The van der Waals surface area contributed by atoms with Crippen molar-refractivity contribution in [1.82, 2.24) is 15.1 Å². The van der Waals surface area contributed by atoms with Crippen molar-refractivity contribution >= 4 is 33.9 Å². The van der Waals surface area contributed by atoms with Gasteiger partial charge in [0.25, 0.3) is 11.8 Å². The van der Waals surface area contributed by atoms with Crippen molar-refractivity contribution < 1.29 is 9.59 Å². The fourth-order valence-corrected chi connectivity index (χ4v) is 4.22. The van der Waals surface area contributed by atoms with Gasteiger partial charge in [-0.25, -0.2) is 0 Å². The van der Waals surface area contributed by atoms with Gasteiger partial charge in [0.15, 0.2) is 0 Å². The summed E-state index contributed by atoms with van der Waals surface area (Å²) in [7, 11) is 0. The summed E-state index contributed by atoms with van der Waals surface area (Å²) in [5.74, 6) is 0.0854. The van der Waals surface area contributed by atoms with Gasteiger partial charge in [0.2, 0.25) is 0 Å². The number of nitrogens with zero attached hydrogens (tertiary/aromatic N) is 2. The van der Waals surface area contributed by atoms with Gasteiger partial charge in [-0.2, -0.15) is 0 Å². The van der Waals surface area contributed by atoms with Gasteiger partial charge in [-0.05, 0) is 28.3 Å². The van der Waals surface area contributed by atoms with Crippen LogP contribution in [0.25, 0.3) is 10.8 Å². The molecule has 28 heavy (non-hydrogen) atoms. The topological polar surface area (TPSA) is 52.7 Å². The fourth-order valence-electron chi connectivity index (χ4n) is 3.58. The molecule has 2 aromatic carbocycles. The monoisotopic (exact) mass is 393 g/mol. The van der Waals surface area contributed by atoms with Crippen LogP contribution in [0.15, 0.2) is 60.0 Å². The summed E-state index contributed by atoms with van der Waals surface area (Å²) in [6.45, 7) is 4.49. The molecule has 0 spiro atoms. The molecule has 1 aliphatic heterocycles. The number of fused-ring (bicyclic) bond motifs is 1. The van der Waals surface area contributed by atoms with E-state index in [0.717, 1.165) is 40.8 Å². The van der Waals surface area contributed by atoms with E-state index in [9.17, 15) is 9.59 Å². The number of hydrogen-bond acceptors (Lipinski definition) is 4. The number of thiophene rings is 1. The Morgan fingerprint density at radius 2 is 1.71 bits per heavy atom. The third-order valence-corrected chi connectivity index (χ3v) is 6.01. The van der Waals surface area contributed by atoms with Crippen LogP contribution in [0.1, 0.15) is 20.0 Å². The molecule has 1 fully saturated rings. The Balaban J connectivity index is 1.29. The molecular formula is C22H23N3O2S. The van der Waals surface area contributed by atoms with Crippen LogP contribution in [0, 0.1) is 0 Å². The zero-order valence-electron chi connectivity index (χ0n) is 15.6. The molecule has 1 aliphatic rings. The highest BCUT2D eigenvalue weighted by Crippen LogP contribution is 2.20. The van der Waals surface area contributed by atoms with Gasteiger partial charge in [0, 0.05) is 44.8 Å². The van der Waals surface area contributed by atoms with Gasteiger partial charge in [-0.15, -0.1) is 11.3 Å². The lowest BCUT2D eigenvalue weighted by atomic mass is 10.0. The molecule has 0 unspecified atom stereocenters. The Morgan fingerprint density at radius 3 is 2.50 bits per heavy atom. The van der Waals surface area contributed by atoms with Crippen LogP contribution in [0.2, 0.25) is 0 Å². The number of carbonyl (C=O) groups excluding carboxylic acids is 2. The van der Waals surface area contributed by atoms with Crippen molar-refractivity contribution in [3.8, 4) is 0 Å². The molecular weight excluding hydrogens is 370 g/mol. The normalized spacial score (nSPS) is 14.9. The molecule has 1 aromatic heterocycles. The zero-order chi connectivity index (χ0) is 19.3. The molecule has 0 bridgehead atoms. The highest BCUT2D eigenvalue weighted by atomic mass is 32.1. The molecule has 4 rings (SSSR count). The van der Waals surface area contributed by atoms with Gasteiger partial charge in [0.05, 0.1) is 4.88 Å². The first-order chi connectivity index (χ1) is 13.7. The first-order valence-electron chi connectivity index (χ1n) is 9.53. The summed E-state index contributed by atoms with van der Waals surface area (Å²) < 4.78 is 0. The minimum atomic E-state index is -0.0141. The molecule has 0 radical (unpaired) electrons. The van der Waals surface area contributed by atoms with Crippen LogP contribution in [0.5, 0.6) is 0 Å². The molecule has 6 heteroatoms. The molecule has 0 aliphatic carbocycles. The second kappa shape index (κ2) is 8.54. The quantitative estimate of drug-likeness (QED) is 0.725. The third-order valence-electron chi connectivity index (χ3n) is 5.14. The van der Waals surface area contributed by atoms with Crippen molar-refractivity contribution in [2.45, 2.75) is 0 Å². The van der Waals surface area contributed by atoms with E-state index in [-0.39, 0.29) is 11.8 Å². The van der Waals surface area contributed by atoms with E-state index in [1.54, 1.807) is 0 Å². The van der Waals surface area contributed by atoms with E-state index in [1.807, 2.05) is 64.9 Å². The van der Waals surface area contributed by atoms with Crippen molar-refractivity contribution in [3.63, 3.8) is 0 Å². The average Bonchev–Trinajstić information content (AvgIpc) is 3.28. The minimum absolute atomic E-state index is 0.0141. The Labute approximate surface area is 168 Å². The Bertz CT molecular complexity index is 958. The van der Waals surface area contributed by atoms with E-state index >= 15 is 0 Å². The Hall–Kier alpha value is -2.70. The van der Waals surface area contributed by atoms with Crippen molar-refractivity contribution in [1.29, 1.82) is 0 Å². The van der Waals surface area contributed by atoms with Crippen molar-refractivity contribution in [2.24, 2.45) is 0 Å². The number of carbonyl (C=O) groups is 2. The summed E-state index contributed by atoms with van der Waals surface area (Å²) in [6, 6.07) is 17.6. The van der Waals surface area contributed by atoms with Crippen LogP contribution < -0.4 is 5.32 Å². The summed E-state index contributed by atoms with van der Waals surface area (Å²) >= 11 is 1.45. The van der Waals surface area contributed by atoms with Crippen LogP contribution in [0.4, 0.5) is 0 Å². The lowest BCUT2D eigenvalue weighted by Gasteiger charge is -2.35. The Kier molecular flexibility index (Phi) is 5.69. The molecule has 1 N–H and O–H groups in total. The molecule has 1 saturated heterocycles. The summed E-state index contributed by atoms with van der Waals surface area (Å²) in [6.07, 6.45) is 0. The number of amides is 2. The third kappa shape index (κ3) is 4.08. The maximum atomic E-state index is 13.0. The summed E-state index contributed by atoms with van der Waals surface area (Å²) in [5, 5.41) is 6.96. The standard InChI is InChI=1S/C22H23N3O2S/c26-21(20-9-4-16-28-20)23-10-11-24-12-14-25(15-13-24)22(27)19-8-3-6-17-5-1-2-7-18(17)19/h1-9,16H,10-15H2,(H,23,26). The highest BCUT2D eigenvalue weighted by Gasteiger charge is 2.23. The first-order valence-corrected chi connectivity index (χ1v) is 10.4. The highest BCUT2D eigenvalue weighted by molar-refractivity contribution is 7.12. The van der Waals surface area contributed by atoms with Crippen LogP contribution in [0.3, 0.4) is 0 Å². The second-order valence-corrected chi connectivity index (χ2v) is 7.84. The second-order valence-electron chi connectivity index (χ2n) is 6.89. The van der Waals surface area contributed by atoms with E-state index < -0.39 is 0 Å². The first kappa shape index (κ1) is 18.7. The van der Waals surface area contributed by atoms with Gasteiger partial charge in [-0.1, -0.05) is 42.5 Å². The Morgan fingerprint density at radius 1 is 0.929 bits per heavy atom. The zero-order valence-corrected chi connectivity index (χ0v) is 16.5. The summed E-state index contributed by atoms with van der Waals surface area (Å²) in [5.41, 5.74) is 0.773. The number of benzene rings is 2. The van der Waals surface area contributed by atoms with Gasteiger partial charge < -0.3 is 10.2 Å². The number of nitrogens with one attached hydrogen (secondary N) is 1. The molecule has 2 amide bonds. The maximum Gasteiger partial charge on any atom is 0.261 e. The van der Waals surface area contributed by atoms with Crippen LogP contribution in [-0.2, 0) is 0 Å². The maximum absolute atomic E-state index is 13.0. The van der Waals surface area contributed by atoms with E-state index in [1.165, 1.54) is 11.3 Å². The smallest absolute Gasteiger partial charge is 0.261 e. The van der Waals surface area contributed by atoms with E-state index in [4.69, 9.17) is 0 Å². The molecule has 144 valence electrons. The lowest BCUT2D eigenvalue weighted by molar-refractivity contribution is 0.0640. The van der Waals surface area contributed by atoms with E-state index in [2.05, 4.69) is 10.2 Å². The van der Waals surface area contributed by atoms with Gasteiger partial charge >= 0.3 is 0 Å². The predicted octanol–water partition coefficient (Wildman–Crippen LogP) is 3.09. The minimum Gasteiger partial charge on any atom is -0.350 e.